The zero-order valence-corrected chi connectivity index (χ0v) is 16.8. The van der Waals surface area contributed by atoms with Gasteiger partial charge in [-0.3, -0.25) is 15.0 Å². The van der Waals surface area contributed by atoms with E-state index in [0.29, 0.717) is 5.69 Å². The van der Waals surface area contributed by atoms with E-state index in [1.165, 1.54) is 5.01 Å². The van der Waals surface area contributed by atoms with Gasteiger partial charge >= 0.3 is 0 Å². The van der Waals surface area contributed by atoms with Gasteiger partial charge in [0.1, 0.15) is 5.57 Å². The summed E-state index contributed by atoms with van der Waals surface area (Å²) in [5, 5.41) is 1.25. The number of nitrogens with one attached hydrogen (secondary N) is 1. The molecule has 0 spiro atoms. The molecule has 1 heterocycles. The normalized spacial score (nSPS) is 15.7. The minimum Gasteiger partial charge on any atom is -0.377 e. The molecule has 0 unspecified atom stereocenters. The van der Waals surface area contributed by atoms with Crippen molar-refractivity contribution in [1.29, 1.82) is 0 Å². The summed E-state index contributed by atoms with van der Waals surface area (Å²) in [6.45, 7) is 0. The Morgan fingerprint density at radius 3 is 2.32 bits per heavy atom. The minimum atomic E-state index is -0.416. The quantitative estimate of drug-likeness (QED) is 0.556. The van der Waals surface area contributed by atoms with E-state index >= 15 is 0 Å². The van der Waals surface area contributed by atoms with E-state index in [1.807, 2.05) is 49.3 Å². The molecule has 128 valence electrons. The average molecular weight is 465 g/mol. The molecule has 3 rings (SSSR count). The molecule has 7 heteroatoms. The molecule has 2 aromatic carbocycles. The van der Waals surface area contributed by atoms with Gasteiger partial charge in [0.15, 0.2) is 0 Å². The molecule has 0 bridgehead atoms. The second kappa shape index (κ2) is 7.01. The second-order valence-corrected chi connectivity index (χ2v) is 7.49. The number of hydrogen-bond donors (Lipinski definition) is 1. The smallest absolute Gasteiger partial charge is 0.282 e. The monoisotopic (exact) mass is 463 g/mol. The van der Waals surface area contributed by atoms with Crippen molar-refractivity contribution >= 4 is 61.1 Å². The first-order valence-corrected chi connectivity index (χ1v) is 9.05. The average Bonchev–Trinajstić information content (AvgIpc) is 2.83. The molecule has 0 aromatic heterocycles. The molecule has 1 saturated heterocycles. The summed E-state index contributed by atoms with van der Waals surface area (Å²) >= 11 is 6.86. The molecule has 0 aliphatic carbocycles. The Bertz CT molecular complexity index is 876. The van der Waals surface area contributed by atoms with Crippen molar-refractivity contribution in [1.82, 2.24) is 5.43 Å². The maximum atomic E-state index is 12.6. The van der Waals surface area contributed by atoms with E-state index in [1.54, 1.807) is 18.2 Å². The Labute approximate surface area is 162 Å². The molecule has 5 nitrogen and oxygen atoms in total. The van der Waals surface area contributed by atoms with E-state index in [4.69, 9.17) is 0 Å². The lowest BCUT2D eigenvalue weighted by Gasteiger charge is -2.15. The molecule has 2 aromatic rings. The minimum absolute atomic E-state index is 0.104. The van der Waals surface area contributed by atoms with Gasteiger partial charge in [-0.05, 0) is 64.0 Å². The highest BCUT2D eigenvalue weighted by Crippen LogP contribution is 2.28. The Hall–Kier alpha value is -2.12. The third-order valence-electron chi connectivity index (χ3n) is 3.74. The predicted molar refractivity (Wildman–Crippen MR) is 106 cm³/mol. The van der Waals surface area contributed by atoms with Gasteiger partial charge < -0.3 is 4.90 Å². The molecule has 0 radical (unpaired) electrons. The summed E-state index contributed by atoms with van der Waals surface area (Å²) in [4.78, 5) is 26.8. The van der Waals surface area contributed by atoms with Crippen LogP contribution in [0.25, 0.3) is 6.08 Å². The number of amides is 2. The fourth-order valence-electron chi connectivity index (χ4n) is 2.47. The number of carbonyl (C=O) groups is 2. The Morgan fingerprint density at radius 1 is 1.04 bits per heavy atom. The summed E-state index contributed by atoms with van der Waals surface area (Å²) in [6.07, 6.45) is 1.60. The van der Waals surface area contributed by atoms with Crippen LogP contribution in [-0.4, -0.2) is 25.9 Å². The van der Waals surface area contributed by atoms with Gasteiger partial charge in [-0.25, -0.2) is 5.01 Å². The maximum absolute atomic E-state index is 12.6. The van der Waals surface area contributed by atoms with Crippen LogP contribution >= 0.6 is 31.9 Å². The van der Waals surface area contributed by atoms with Gasteiger partial charge in [0.2, 0.25) is 0 Å². The SMILES string of the molecule is CN(C)c1ccc(C=C2C(=O)NN(c3ccc(Br)cc3)C2=O)cc1Br. The van der Waals surface area contributed by atoms with Crippen LogP contribution < -0.4 is 15.3 Å². The number of hydrazine groups is 1. The molecule has 0 atom stereocenters. The fourth-order valence-corrected chi connectivity index (χ4v) is 3.49. The largest absolute Gasteiger partial charge is 0.377 e. The van der Waals surface area contributed by atoms with Crippen LogP contribution in [0.2, 0.25) is 0 Å². The lowest BCUT2D eigenvalue weighted by atomic mass is 10.1. The van der Waals surface area contributed by atoms with Crippen LogP contribution in [0.1, 0.15) is 5.56 Å². The van der Waals surface area contributed by atoms with Crippen molar-refractivity contribution in [3.8, 4) is 0 Å². The highest BCUT2D eigenvalue weighted by molar-refractivity contribution is 9.10. The highest BCUT2D eigenvalue weighted by atomic mass is 79.9. The molecular formula is C18H15Br2N3O2. The van der Waals surface area contributed by atoms with Gasteiger partial charge in [-0.1, -0.05) is 22.0 Å². The molecular weight excluding hydrogens is 450 g/mol. The second-order valence-electron chi connectivity index (χ2n) is 5.72. The summed E-state index contributed by atoms with van der Waals surface area (Å²) in [5.74, 6) is -0.791. The van der Waals surface area contributed by atoms with E-state index < -0.39 is 5.91 Å². The standard InChI is InChI=1S/C18H15Br2N3O2/c1-22(2)16-8-3-11(10-15(16)20)9-14-17(24)21-23(18(14)25)13-6-4-12(19)5-7-13/h3-10H,1-2H3,(H,21,24). The first-order chi connectivity index (χ1) is 11.9. The summed E-state index contributed by atoms with van der Waals surface area (Å²) in [5.41, 5.74) is 5.09. The van der Waals surface area contributed by atoms with E-state index in [2.05, 4.69) is 37.3 Å². The first kappa shape index (κ1) is 17.7. The van der Waals surface area contributed by atoms with Gasteiger partial charge in [0.05, 0.1) is 11.4 Å². The van der Waals surface area contributed by atoms with Crippen LogP contribution in [-0.2, 0) is 9.59 Å². The highest BCUT2D eigenvalue weighted by Gasteiger charge is 2.34. The van der Waals surface area contributed by atoms with Gasteiger partial charge in [-0.2, -0.15) is 0 Å². The zero-order chi connectivity index (χ0) is 18.1. The lowest BCUT2D eigenvalue weighted by Crippen LogP contribution is -2.35. The maximum Gasteiger partial charge on any atom is 0.282 e. The number of nitrogens with zero attached hydrogens (tertiary/aromatic N) is 2. The van der Waals surface area contributed by atoms with Crippen LogP contribution in [0.3, 0.4) is 0 Å². The summed E-state index contributed by atoms with van der Waals surface area (Å²) in [7, 11) is 3.89. The van der Waals surface area contributed by atoms with Crippen molar-refractivity contribution in [3.05, 3.63) is 62.5 Å². The fraction of sp³-hybridized carbons (Fsp3) is 0.111. The molecule has 0 saturated carbocycles. The van der Waals surface area contributed by atoms with Crippen molar-refractivity contribution in [2.45, 2.75) is 0 Å². The van der Waals surface area contributed by atoms with Crippen molar-refractivity contribution in [3.63, 3.8) is 0 Å². The number of benzene rings is 2. The number of anilines is 2. The number of hydrogen-bond acceptors (Lipinski definition) is 3. The van der Waals surface area contributed by atoms with Gasteiger partial charge in [0, 0.05) is 23.0 Å². The first-order valence-electron chi connectivity index (χ1n) is 7.46. The van der Waals surface area contributed by atoms with Crippen molar-refractivity contribution in [2.24, 2.45) is 0 Å². The summed E-state index contributed by atoms with van der Waals surface area (Å²) < 4.78 is 1.79. The lowest BCUT2D eigenvalue weighted by molar-refractivity contribution is -0.117. The Morgan fingerprint density at radius 2 is 1.72 bits per heavy atom. The predicted octanol–water partition coefficient (Wildman–Crippen LogP) is 3.74. The van der Waals surface area contributed by atoms with Crippen LogP contribution in [0.5, 0.6) is 0 Å². The molecule has 1 aliphatic heterocycles. The topological polar surface area (TPSA) is 52.7 Å². The Balaban J connectivity index is 1.91. The van der Waals surface area contributed by atoms with Crippen LogP contribution in [0.4, 0.5) is 11.4 Å². The van der Waals surface area contributed by atoms with Crippen LogP contribution in [0.15, 0.2) is 57.0 Å². The number of halogens is 2. The van der Waals surface area contributed by atoms with E-state index in [0.717, 1.165) is 20.2 Å². The molecule has 1 aliphatic rings. The summed E-state index contributed by atoms with van der Waals surface area (Å²) in [6, 6.07) is 12.8. The molecule has 2 amide bonds. The third-order valence-corrected chi connectivity index (χ3v) is 4.90. The van der Waals surface area contributed by atoms with E-state index in [9.17, 15) is 9.59 Å². The molecule has 1 N–H and O–H groups in total. The molecule has 1 fully saturated rings. The van der Waals surface area contributed by atoms with Crippen molar-refractivity contribution < 1.29 is 9.59 Å². The number of carbonyl (C=O) groups excluding carboxylic acids is 2. The van der Waals surface area contributed by atoms with Gasteiger partial charge in [0.25, 0.3) is 11.8 Å². The van der Waals surface area contributed by atoms with Crippen molar-refractivity contribution in [2.75, 3.05) is 24.0 Å². The molecule has 25 heavy (non-hydrogen) atoms. The van der Waals surface area contributed by atoms with Gasteiger partial charge in [-0.15, -0.1) is 0 Å². The third kappa shape index (κ3) is 3.62. The Kier molecular flexibility index (Phi) is 4.96. The van der Waals surface area contributed by atoms with E-state index in [-0.39, 0.29) is 11.5 Å². The number of rotatable bonds is 3. The van der Waals surface area contributed by atoms with Crippen LogP contribution in [0, 0.1) is 0 Å². The zero-order valence-electron chi connectivity index (χ0n) is 13.6.